The summed E-state index contributed by atoms with van der Waals surface area (Å²) < 4.78 is 13.3. The van der Waals surface area contributed by atoms with E-state index in [2.05, 4.69) is 20.7 Å². The average molecular weight is 507 g/mol. The fraction of sp³-hybridized carbons (Fsp3) is 0.269. The van der Waals surface area contributed by atoms with E-state index in [4.69, 9.17) is 0 Å². The van der Waals surface area contributed by atoms with Gasteiger partial charge in [-0.2, -0.15) is 4.80 Å². The summed E-state index contributed by atoms with van der Waals surface area (Å²) in [4.78, 5) is 30.7. The quantitative estimate of drug-likeness (QED) is 0.386. The molecule has 2 amide bonds. The smallest absolute Gasteiger partial charge is 0.248 e. The molecule has 2 aromatic carbocycles. The number of amides is 2. The molecule has 1 atom stereocenters. The van der Waals surface area contributed by atoms with Crippen molar-refractivity contribution < 1.29 is 14.0 Å². The second-order valence-electron chi connectivity index (χ2n) is 9.31. The molecule has 0 saturated carbocycles. The van der Waals surface area contributed by atoms with Gasteiger partial charge in [0.2, 0.25) is 17.6 Å². The van der Waals surface area contributed by atoms with Crippen LogP contribution in [0.5, 0.6) is 0 Å². The third-order valence-corrected chi connectivity index (χ3v) is 6.14. The number of halogens is 1. The number of hydrogen-bond donors (Lipinski definition) is 1. The lowest BCUT2D eigenvalue weighted by Gasteiger charge is -2.33. The largest absolute Gasteiger partial charge is 0.349 e. The highest BCUT2D eigenvalue weighted by atomic mass is 32.1. The van der Waals surface area contributed by atoms with E-state index in [-0.39, 0.29) is 36.5 Å². The number of nitrogens with one attached hydrogen (secondary N) is 1. The Labute approximate surface area is 212 Å². The number of hydrogen-bond acceptors (Lipinski definition) is 6. The number of nitrogens with zero attached hydrogens (tertiary/aromatic N) is 5. The molecule has 0 spiro atoms. The van der Waals surface area contributed by atoms with Gasteiger partial charge in [-0.05, 0) is 67.3 Å². The van der Waals surface area contributed by atoms with E-state index < -0.39 is 11.6 Å². The minimum atomic E-state index is -0.836. The van der Waals surface area contributed by atoms with Crippen molar-refractivity contribution in [2.45, 2.75) is 45.4 Å². The van der Waals surface area contributed by atoms with Crippen LogP contribution in [-0.2, 0) is 22.7 Å². The first-order valence-corrected chi connectivity index (χ1v) is 12.3. The molecule has 1 N–H and O–H groups in total. The molecule has 0 unspecified atom stereocenters. The third kappa shape index (κ3) is 6.39. The van der Waals surface area contributed by atoms with Crippen LogP contribution in [0.15, 0.2) is 72.1 Å². The van der Waals surface area contributed by atoms with Crippen molar-refractivity contribution in [1.29, 1.82) is 0 Å². The van der Waals surface area contributed by atoms with Crippen LogP contribution >= 0.6 is 11.3 Å². The molecule has 2 heterocycles. The second kappa shape index (κ2) is 10.8. The second-order valence-corrected chi connectivity index (χ2v) is 10.3. The van der Waals surface area contributed by atoms with Gasteiger partial charge in [-0.25, -0.2) is 4.39 Å². The Morgan fingerprint density at radius 1 is 1.06 bits per heavy atom. The highest BCUT2D eigenvalue weighted by molar-refractivity contribution is 7.10. The first kappa shape index (κ1) is 25.2. The average Bonchev–Trinajstić information content (AvgIpc) is 3.51. The van der Waals surface area contributed by atoms with Gasteiger partial charge in [0, 0.05) is 22.5 Å². The molecule has 36 heavy (non-hydrogen) atoms. The summed E-state index contributed by atoms with van der Waals surface area (Å²) in [7, 11) is 0. The normalized spacial score (nSPS) is 12.2. The minimum Gasteiger partial charge on any atom is -0.349 e. The molecular weight excluding hydrogens is 479 g/mol. The standard InChI is InChI=1S/C26H27FN6O2S/c1-26(2,3)28-25(35)23(21-10-7-15-36-21)32(16-18-8-5-4-6-9-18)22(34)17-33-30-24(29-31-33)19-11-13-20(27)14-12-19/h4-15,23H,16-17H2,1-3H3,(H,28,35)/t23-/m1/s1. The van der Waals surface area contributed by atoms with Crippen molar-refractivity contribution in [1.82, 2.24) is 30.4 Å². The van der Waals surface area contributed by atoms with Gasteiger partial charge >= 0.3 is 0 Å². The molecule has 0 fully saturated rings. The van der Waals surface area contributed by atoms with Crippen LogP contribution in [0.3, 0.4) is 0 Å². The van der Waals surface area contributed by atoms with E-state index >= 15 is 0 Å². The van der Waals surface area contributed by atoms with Gasteiger partial charge in [-0.3, -0.25) is 9.59 Å². The fourth-order valence-corrected chi connectivity index (χ4v) is 4.48. The molecule has 4 rings (SSSR count). The fourth-order valence-electron chi connectivity index (χ4n) is 3.65. The number of thiophene rings is 1. The van der Waals surface area contributed by atoms with Gasteiger partial charge in [0.1, 0.15) is 18.4 Å². The Bertz CT molecular complexity index is 1300. The van der Waals surface area contributed by atoms with Gasteiger partial charge in [0.15, 0.2) is 0 Å². The van der Waals surface area contributed by atoms with Crippen LogP contribution in [0.4, 0.5) is 4.39 Å². The van der Waals surface area contributed by atoms with Crippen molar-refractivity contribution in [3.05, 3.63) is 88.4 Å². The Balaban J connectivity index is 1.64. The molecule has 0 aliphatic heterocycles. The predicted octanol–water partition coefficient (Wildman–Crippen LogP) is 4.23. The van der Waals surface area contributed by atoms with E-state index in [1.807, 2.05) is 68.6 Å². The Morgan fingerprint density at radius 2 is 1.78 bits per heavy atom. The van der Waals surface area contributed by atoms with Gasteiger partial charge < -0.3 is 10.2 Å². The SMILES string of the molecule is CC(C)(C)NC(=O)[C@@H](c1cccs1)N(Cc1ccccc1)C(=O)Cn1nnc(-c2ccc(F)cc2)n1. The van der Waals surface area contributed by atoms with E-state index in [9.17, 15) is 14.0 Å². The minimum absolute atomic E-state index is 0.217. The summed E-state index contributed by atoms with van der Waals surface area (Å²) in [6.07, 6.45) is 0. The van der Waals surface area contributed by atoms with Gasteiger partial charge in [0.25, 0.3) is 0 Å². The first-order chi connectivity index (χ1) is 17.2. The summed E-state index contributed by atoms with van der Waals surface area (Å²) in [6.45, 7) is 5.70. The molecule has 0 bridgehead atoms. The Kier molecular flexibility index (Phi) is 7.54. The Morgan fingerprint density at radius 3 is 2.42 bits per heavy atom. The lowest BCUT2D eigenvalue weighted by molar-refractivity contribution is -0.143. The maximum atomic E-state index is 13.7. The number of rotatable bonds is 8. The summed E-state index contributed by atoms with van der Waals surface area (Å²) >= 11 is 1.41. The van der Waals surface area contributed by atoms with Gasteiger partial charge in [-0.1, -0.05) is 36.4 Å². The molecule has 2 aromatic heterocycles. The van der Waals surface area contributed by atoms with Crippen LogP contribution in [0.2, 0.25) is 0 Å². The molecule has 0 saturated heterocycles. The van der Waals surface area contributed by atoms with E-state index in [0.717, 1.165) is 10.4 Å². The Hall–Kier alpha value is -3.92. The zero-order valence-corrected chi connectivity index (χ0v) is 21.1. The lowest BCUT2D eigenvalue weighted by Crippen LogP contribution is -2.49. The van der Waals surface area contributed by atoms with Crippen molar-refractivity contribution >= 4 is 23.2 Å². The number of benzene rings is 2. The van der Waals surface area contributed by atoms with Crippen LogP contribution in [0.25, 0.3) is 11.4 Å². The molecule has 4 aromatic rings. The molecule has 186 valence electrons. The number of aromatic nitrogens is 4. The number of carbonyl (C=O) groups excluding carboxylic acids is 2. The monoisotopic (exact) mass is 506 g/mol. The molecule has 8 nitrogen and oxygen atoms in total. The van der Waals surface area contributed by atoms with Crippen molar-refractivity contribution in [2.24, 2.45) is 0 Å². The van der Waals surface area contributed by atoms with Gasteiger partial charge in [-0.15, -0.1) is 21.5 Å². The highest BCUT2D eigenvalue weighted by Gasteiger charge is 2.34. The molecule has 0 radical (unpaired) electrons. The maximum absolute atomic E-state index is 13.7. The highest BCUT2D eigenvalue weighted by Crippen LogP contribution is 2.28. The predicted molar refractivity (Wildman–Crippen MR) is 135 cm³/mol. The summed E-state index contributed by atoms with van der Waals surface area (Å²) in [5.74, 6) is -0.708. The van der Waals surface area contributed by atoms with Crippen molar-refractivity contribution in [3.8, 4) is 11.4 Å². The topological polar surface area (TPSA) is 93.0 Å². The van der Waals surface area contributed by atoms with Gasteiger partial charge in [0.05, 0.1) is 0 Å². The first-order valence-electron chi connectivity index (χ1n) is 11.4. The van der Waals surface area contributed by atoms with Crippen molar-refractivity contribution in [3.63, 3.8) is 0 Å². The lowest BCUT2D eigenvalue weighted by atomic mass is 10.1. The van der Waals surface area contributed by atoms with Crippen molar-refractivity contribution in [2.75, 3.05) is 0 Å². The number of tetrazole rings is 1. The molecular formula is C26H27FN6O2S. The molecule has 0 aliphatic rings. The van der Waals surface area contributed by atoms with E-state index in [1.165, 1.54) is 28.3 Å². The van der Waals surface area contributed by atoms with Crippen LogP contribution in [0.1, 0.15) is 37.3 Å². The summed E-state index contributed by atoms with van der Waals surface area (Å²) in [5.41, 5.74) is 0.984. The van der Waals surface area contributed by atoms with Crippen LogP contribution < -0.4 is 5.32 Å². The summed E-state index contributed by atoms with van der Waals surface area (Å²) in [5, 5.41) is 17.2. The van der Waals surface area contributed by atoms with Crippen LogP contribution in [-0.4, -0.2) is 42.5 Å². The molecule has 10 heteroatoms. The zero-order valence-electron chi connectivity index (χ0n) is 20.3. The molecule has 0 aliphatic carbocycles. The maximum Gasteiger partial charge on any atom is 0.248 e. The van der Waals surface area contributed by atoms with Crippen LogP contribution in [0, 0.1) is 5.82 Å². The zero-order chi connectivity index (χ0) is 25.7. The summed E-state index contributed by atoms with van der Waals surface area (Å²) in [6, 6.07) is 18.1. The number of carbonyl (C=O) groups is 2. The van der Waals surface area contributed by atoms with E-state index in [1.54, 1.807) is 17.0 Å². The van der Waals surface area contributed by atoms with E-state index in [0.29, 0.717) is 5.56 Å². The third-order valence-electron chi connectivity index (χ3n) is 5.22.